The molecule has 0 spiro atoms. The van der Waals surface area contributed by atoms with E-state index in [0.717, 1.165) is 22.6 Å². The van der Waals surface area contributed by atoms with Gasteiger partial charge in [0, 0.05) is 26.2 Å². The molecule has 36 heavy (non-hydrogen) atoms. The predicted octanol–water partition coefficient (Wildman–Crippen LogP) is 3.95. The molecule has 2 amide bonds. The normalized spacial score (nSPS) is 10.7. The zero-order valence-corrected chi connectivity index (χ0v) is 22.7. The molecule has 0 bridgehead atoms. The fourth-order valence-corrected chi connectivity index (χ4v) is 5.45. The number of carbonyl (C=O) groups excluding carboxylic acids is 3. The monoisotopic (exact) mass is 531 g/mol. The number of thioether (sulfide) groups is 1. The standard InChI is InChI=1S/C24H29N5O5S2/c1-7-29-20(15-9-11-16(12-10-15)34-8-2)26-27-24(29)35-13-17(30)25-21-18(23(32)33-6)14(3)19(36-21)22(31)28(4)5/h9-12H,7-8,13H2,1-6H3,(H,25,30). The average molecular weight is 532 g/mol. The highest BCUT2D eigenvalue weighted by molar-refractivity contribution is 7.99. The first-order chi connectivity index (χ1) is 17.2. The van der Waals surface area contributed by atoms with Crippen molar-refractivity contribution >= 4 is 45.9 Å². The van der Waals surface area contributed by atoms with Gasteiger partial charge in [0.2, 0.25) is 5.91 Å². The van der Waals surface area contributed by atoms with Crippen molar-refractivity contribution in [3.8, 4) is 17.1 Å². The number of aromatic nitrogens is 3. The number of ether oxygens (including phenoxy) is 2. The van der Waals surface area contributed by atoms with Crippen molar-refractivity contribution in [3.63, 3.8) is 0 Å². The molecule has 10 nitrogen and oxygen atoms in total. The van der Waals surface area contributed by atoms with E-state index in [1.165, 1.54) is 23.8 Å². The number of benzene rings is 1. The van der Waals surface area contributed by atoms with Gasteiger partial charge in [-0.3, -0.25) is 9.59 Å². The lowest BCUT2D eigenvalue weighted by Crippen LogP contribution is -2.21. The Balaban J connectivity index is 1.76. The molecule has 192 valence electrons. The van der Waals surface area contributed by atoms with Gasteiger partial charge in [-0.15, -0.1) is 21.5 Å². The van der Waals surface area contributed by atoms with Crippen LogP contribution >= 0.6 is 23.1 Å². The smallest absolute Gasteiger partial charge is 0.341 e. The third-order valence-corrected chi connectivity index (χ3v) is 7.34. The number of nitrogens with zero attached hydrogens (tertiary/aromatic N) is 4. The molecule has 0 radical (unpaired) electrons. The van der Waals surface area contributed by atoms with E-state index < -0.39 is 5.97 Å². The van der Waals surface area contributed by atoms with E-state index in [-0.39, 0.29) is 28.1 Å². The van der Waals surface area contributed by atoms with Crippen LogP contribution in [0.4, 0.5) is 5.00 Å². The molecule has 0 aliphatic rings. The van der Waals surface area contributed by atoms with Crippen molar-refractivity contribution in [3.05, 3.63) is 40.3 Å². The molecule has 1 N–H and O–H groups in total. The van der Waals surface area contributed by atoms with Crippen LogP contribution in [0.5, 0.6) is 5.75 Å². The molecule has 0 aliphatic heterocycles. The maximum absolute atomic E-state index is 12.8. The van der Waals surface area contributed by atoms with E-state index in [2.05, 4.69) is 15.5 Å². The number of hydrogen-bond acceptors (Lipinski definition) is 9. The molecule has 0 saturated heterocycles. The Bertz CT molecular complexity index is 1250. The van der Waals surface area contributed by atoms with Gasteiger partial charge in [-0.2, -0.15) is 0 Å². The second-order valence-electron chi connectivity index (χ2n) is 7.80. The highest BCUT2D eigenvalue weighted by atomic mass is 32.2. The predicted molar refractivity (Wildman–Crippen MR) is 140 cm³/mol. The van der Waals surface area contributed by atoms with Gasteiger partial charge in [-0.05, 0) is 50.6 Å². The molecule has 0 fully saturated rings. The minimum Gasteiger partial charge on any atom is -0.494 e. The molecule has 2 heterocycles. The largest absolute Gasteiger partial charge is 0.494 e. The molecule has 0 unspecified atom stereocenters. The first kappa shape index (κ1) is 27.2. The average Bonchev–Trinajstić information content (AvgIpc) is 3.42. The molecular formula is C24H29N5O5S2. The molecule has 12 heteroatoms. The van der Waals surface area contributed by atoms with Crippen LogP contribution in [0.1, 0.15) is 39.4 Å². The molecule has 2 aromatic heterocycles. The second kappa shape index (κ2) is 12.0. The van der Waals surface area contributed by atoms with Gasteiger partial charge in [-0.25, -0.2) is 4.79 Å². The molecule has 0 aliphatic carbocycles. The summed E-state index contributed by atoms with van der Waals surface area (Å²) in [4.78, 5) is 39.5. The number of thiophene rings is 1. The lowest BCUT2D eigenvalue weighted by molar-refractivity contribution is -0.113. The molecule has 0 atom stereocenters. The van der Waals surface area contributed by atoms with Crippen molar-refractivity contribution in [1.29, 1.82) is 0 Å². The molecule has 0 saturated carbocycles. The van der Waals surface area contributed by atoms with Crippen molar-refractivity contribution in [2.75, 3.05) is 38.9 Å². The second-order valence-corrected chi connectivity index (χ2v) is 9.76. The summed E-state index contributed by atoms with van der Waals surface area (Å²) in [7, 11) is 4.51. The van der Waals surface area contributed by atoms with E-state index in [9.17, 15) is 14.4 Å². The fraction of sp³-hybridized carbons (Fsp3) is 0.375. The van der Waals surface area contributed by atoms with Crippen LogP contribution in [0, 0.1) is 6.92 Å². The van der Waals surface area contributed by atoms with E-state index in [1.807, 2.05) is 42.7 Å². The maximum Gasteiger partial charge on any atom is 0.341 e. The van der Waals surface area contributed by atoms with Gasteiger partial charge in [0.15, 0.2) is 11.0 Å². The lowest BCUT2D eigenvalue weighted by Gasteiger charge is -2.09. The van der Waals surface area contributed by atoms with Crippen molar-refractivity contribution in [2.45, 2.75) is 32.5 Å². The van der Waals surface area contributed by atoms with Gasteiger partial charge in [-0.1, -0.05) is 11.8 Å². The third-order valence-electron chi connectivity index (χ3n) is 5.18. The summed E-state index contributed by atoms with van der Waals surface area (Å²) in [5.41, 5.74) is 1.54. The number of hydrogen-bond donors (Lipinski definition) is 1. The van der Waals surface area contributed by atoms with Gasteiger partial charge < -0.3 is 24.3 Å². The van der Waals surface area contributed by atoms with E-state index in [1.54, 1.807) is 21.0 Å². The number of rotatable bonds is 10. The Morgan fingerprint density at radius 2 is 1.83 bits per heavy atom. The summed E-state index contributed by atoms with van der Waals surface area (Å²) in [6.07, 6.45) is 0. The highest BCUT2D eigenvalue weighted by Gasteiger charge is 2.27. The number of anilines is 1. The maximum atomic E-state index is 12.8. The lowest BCUT2D eigenvalue weighted by atomic mass is 10.1. The van der Waals surface area contributed by atoms with Gasteiger partial charge in [0.25, 0.3) is 5.91 Å². The highest BCUT2D eigenvalue weighted by Crippen LogP contribution is 2.34. The van der Waals surface area contributed by atoms with Crippen LogP contribution in [-0.4, -0.2) is 71.0 Å². The Morgan fingerprint density at radius 1 is 1.14 bits per heavy atom. The Hall–Kier alpha value is -3.38. The molecule has 3 rings (SSSR count). The van der Waals surface area contributed by atoms with Crippen LogP contribution in [0.2, 0.25) is 0 Å². The third kappa shape index (κ3) is 5.88. The summed E-state index contributed by atoms with van der Waals surface area (Å²) >= 11 is 2.29. The number of methoxy groups -OCH3 is 1. The minimum absolute atomic E-state index is 0.0376. The van der Waals surface area contributed by atoms with Gasteiger partial charge in [0.05, 0.1) is 29.9 Å². The Labute approximate surface area is 218 Å². The zero-order chi connectivity index (χ0) is 26.4. The quantitative estimate of drug-likeness (QED) is 0.309. The van der Waals surface area contributed by atoms with Gasteiger partial charge in [0.1, 0.15) is 10.8 Å². The Kier molecular flexibility index (Phi) is 9.10. The minimum atomic E-state index is -0.616. The topological polar surface area (TPSA) is 116 Å². The molecule has 1 aromatic carbocycles. The van der Waals surface area contributed by atoms with Crippen LogP contribution in [0.15, 0.2) is 29.4 Å². The molecular weight excluding hydrogens is 502 g/mol. The van der Waals surface area contributed by atoms with Crippen LogP contribution in [0.3, 0.4) is 0 Å². The SMILES string of the molecule is CCOc1ccc(-c2nnc(SCC(=O)Nc3sc(C(=O)N(C)C)c(C)c3C(=O)OC)n2CC)cc1. The van der Waals surface area contributed by atoms with Crippen LogP contribution < -0.4 is 10.1 Å². The van der Waals surface area contributed by atoms with E-state index in [4.69, 9.17) is 9.47 Å². The first-order valence-corrected chi connectivity index (χ1v) is 13.0. The number of carbonyl (C=O) groups is 3. The van der Waals surface area contributed by atoms with E-state index >= 15 is 0 Å². The number of nitrogens with one attached hydrogen (secondary N) is 1. The van der Waals surface area contributed by atoms with Gasteiger partial charge >= 0.3 is 5.97 Å². The summed E-state index contributed by atoms with van der Waals surface area (Å²) in [6.45, 7) is 6.78. The van der Waals surface area contributed by atoms with Crippen LogP contribution in [-0.2, 0) is 16.1 Å². The van der Waals surface area contributed by atoms with E-state index in [0.29, 0.717) is 34.6 Å². The zero-order valence-electron chi connectivity index (χ0n) is 21.1. The summed E-state index contributed by atoms with van der Waals surface area (Å²) in [5, 5.41) is 12.2. The molecule has 3 aromatic rings. The van der Waals surface area contributed by atoms with Crippen molar-refractivity contribution in [1.82, 2.24) is 19.7 Å². The first-order valence-electron chi connectivity index (χ1n) is 11.2. The van der Waals surface area contributed by atoms with Crippen LogP contribution in [0.25, 0.3) is 11.4 Å². The summed E-state index contributed by atoms with van der Waals surface area (Å²) < 4.78 is 12.3. The fourth-order valence-electron chi connectivity index (χ4n) is 3.41. The summed E-state index contributed by atoms with van der Waals surface area (Å²) in [5.74, 6) is 0.294. The van der Waals surface area contributed by atoms with Crippen molar-refractivity contribution < 1.29 is 23.9 Å². The Morgan fingerprint density at radius 3 is 2.42 bits per heavy atom. The summed E-state index contributed by atoms with van der Waals surface area (Å²) in [6, 6.07) is 7.60. The number of amides is 2. The van der Waals surface area contributed by atoms with Crippen molar-refractivity contribution in [2.24, 2.45) is 0 Å². The number of esters is 1.